The minimum absolute atomic E-state index is 0.00952. The van der Waals surface area contributed by atoms with E-state index < -0.39 is 9.84 Å². The largest absolute Gasteiger partial charge is 0.357 e. The first kappa shape index (κ1) is 13.6. The van der Waals surface area contributed by atoms with Gasteiger partial charge in [0.1, 0.15) is 0 Å². The molecule has 0 unspecified atom stereocenters. The fourth-order valence-electron chi connectivity index (χ4n) is 1.31. The molecule has 2 aromatic heterocycles. The fourth-order valence-corrected chi connectivity index (χ4v) is 3.56. The van der Waals surface area contributed by atoms with Gasteiger partial charge < -0.3 is 5.32 Å². The van der Waals surface area contributed by atoms with Crippen molar-refractivity contribution >= 4 is 26.3 Å². The molecule has 8 heteroatoms. The van der Waals surface area contributed by atoms with Crippen LogP contribution in [0.2, 0.25) is 0 Å². The Morgan fingerprint density at radius 1 is 1.37 bits per heavy atom. The van der Waals surface area contributed by atoms with Crippen LogP contribution in [0.5, 0.6) is 0 Å². The zero-order valence-electron chi connectivity index (χ0n) is 9.98. The van der Waals surface area contributed by atoms with Crippen molar-refractivity contribution in [3.63, 3.8) is 0 Å². The summed E-state index contributed by atoms with van der Waals surface area (Å²) in [4.78, 5) is 3.99. The van der Waals surface area contributed by atoms with Crippen molar-refractivity contribution in [2.45, 2.75) is 10.1 Å². The van der Waals surface area contributed by atoms with E-state index in [0.29, 0.717) is 17.4 Å². The molecule has 0 fully saturated rings. The highest BCUT2D eigenvalue weighted by atomic mass is 32.2. The summed E-state index contributed by atoms with van der Waals surface area (Å²) in [5.41, 5.74) is 0.485. The summed E-state index contributed by atoms with van der Waals surface area (Å²) in [5, 5.41) is 10.8. The Morgan fingerprint density at radius 2 is 2.21 bits per heavy atom. The third-order valence-electron chi connectivity index (χ3n) is 2.13. The van der Waals surface area contributed by atoms with E-state index in [1.807, 2.05) is 0 Å². The maximum absolute atomic E-state index is 12.1. The van der Waals surface area contributed by atoms with Gasteiger partial charge in [0.15, 0.2) is 0 Å². The molecule has 2 rings (SSSR count). The molecule has 0 aliphatic rings. The van der Waals surface area contributed by atoms with Crippen LogP contribution in [0.3, 0.4) is 0 Å². The molecule has 0 aromatic carbocycles. The molecule has 0 bridgehead atoms. The van der Waals surface area contributed by atoms with Crippen molar-refractivity contribution in [3.05, 3.63) is 42.7 Å². The van der Waals surface area contributed by atoms with Crippen molar-refractivity contribution < 1.29 is 8.42 Å². The summed E-state index contributed by atoms with van der Waals surface area (Å²) in [5.74, 6) is -0.177. The SMILES string of the molecule is C=CCNc1nnc(S(=O)(=O)Cc2ccccn2)s1. The molecule has 0 aliphatic carbocycles. The Hall–Kier alpha value is -1.80. The van der Waals surface area contributed by atoms with Gasteiger partial charge in [-0.15, -0.1) is 16.8 Å². The Morgan fingerprint density at radius 3 is 2.89 bits per heavy atom. The van der Waals surface area contributed by atoms with Crippen LogP contribution in [-0.2, 0) is 15.6 Å². The second kappa shape index (κ2) is 5.89. The minimum Gasteiger partial charge on any atom is -0.357 e. The quantitative estimate of drug-likeness (QED) is 0.813. The zero-order valence-corrected chi connectivity index (χ0v) is 11.6. The number of nitrogens with one attached hydrogen (secondary N) is 1. The molecule has 0 saturated carbocycles. The zero-order chi connectivity index (χ0) is 13.7. The molecule has 2 heterocycles. The minimum atomic E-state index is -3.50. The lowest BCUT2D eigenvalue weighted by Crippen LogP contribution is -2.05. The highest BCUT2D eigenvalue weighted by Crippen LogP contribution is 2.22. The van der Waals surface area contributed by atoms with Gasteiger partial charge in [-0.25, -0.2) is 8.42 Å². The van der Waals surface area contributed by atoms with Crippen molar-refractivity contribution in [1.29, 1.82) is 0 Å². The molecule has 0 spiro atoms. The van der Waals surface area contributed by atoms with Crippen LogP contribution >= 0.6 is 11.3 Å². The van der Waals surface area contributed by atoms with Crippen LogP contribution < -0.4 is 5.32 Å². The first-order valence-electron chi connectivity index (χ1n) is 5.43. The van der Waals surface area contributed by atoms with Crippen LogP contribution in [0.15, 0.2) is 41.4 Å². The summed E-state index contributed by atoms with van der Waals surface area (Å²) in [6.45, 7) is 4.06. The fraction of sp³-hybridized carbons (Fsp3) is 0.182. The maximum atomic E-state index is 12.1. The van der Waals surface area contributed by atoms with Gasteiger partial charge in [0.05, 0.1) is 11.4 Å². The summed E-state index contributed by atoms with van der Waals surface area (Å²) in [6.07, 6.45) is 3.21. The highest BCUT2D eigenvalue weighted by Gasteiger charge is 2.21. The molecular formula is C11H12N4O2S2. The van der Waals surface area contributed by atoms with Crippen LogP contribution in [0.25, 0.3) is 0 Å². The second-order valence-corrected chi connectivity index (χ2v) is 6.76. The van der Waals surface area contributed by atoms with E-state index in [-0.39, 0.29) is 10.1 Å². The Bertz CT molecular complexity index is 652. The third-order valence-corrected chi connectivity index (χ3v) is 5.11. The van der Waals surface area contributed by atoms with Crippen LogP contribution in [0.1, 0.15) is 5.69 Å². The van der Waals surface area contributed by atoms with Gasteiger partial charge >= 0.3 is 0 Å². The van der Waals surface area contributed by atoms with Crippen molar-refractivity contribution in [3.8, 4) is 0 Å². The Kier molecular flexibility index (Phi) is 4.23. The maximum Gasteiger partial charge on any atom is 0.234 e. The van der Waals surface area contributed by atoms with Gasteiger partial charge in [-0.1, -0.05) is 23.5 Å². The Labute approximate surface area is 115 Å². The normalized spacial score (nSPS) is 11.2. The number of nitrogens with zero attached hydrogens (tertiary/aromatic N) is 3. The van der Waals surface area contributed by atoms with E-state index in [1.165, 1.54) is 0 Å². The third kappa shape index (κ3) is 3.58. The van der Waals surface area contributed by atoms with Crippen LogP contribution in [-0.4, -0.2) is 30.1 Å². The van der Waals surface area contributed by atoms with Gasteiger partial charge in [-0.05, 0) is 12.1 Å². The average molecular weight is 296 g/mol. The molecule has 6 nitrogen and oxygen atoms in total. The molecule has 0 radical (unpaired) electrons. The number of aromatic nitrogens is 3. The molecule has 0 saturated heterocycles. The van der Waals surface area contributed by atoms with Gasteiger partial charge in [0.25, 0.3) is 0 Å². The number of sulfone groups is 1. The molecule has 0 amide bonds. The predicted molar refractivity (Wildman–Crippen MR) is 73.7 cm³/mol. The summed E-state index contributed by atoms with van der Waals surface area (Å²) in [7, 11) is -3.50. The van der Waals surface area contributed by atoms with Gasteiger partial charge in [0.2, 0.25) is 19.3 Å². The molecule has 0 atom stereocenters. The van der Waals surface area contributed by atoms with E-state index in [9.17, 15) is 8.42 Å². The number of hydrogen-bond donors (Lipinski definition) is 1. The summed E-state index contributed by atoms with van der Waals surface area (Å²) in [6, 6.07) is 5.14. The molecule has 19 heavy (non-hydrogen) atoms. The van der Waals surface area contributed by atoms with Crippen molar-refractivity contribution in [1.82, 2.24) is 15.2 Å². The monoisotopic (exact) mass is 296 g/mol. The number of pyridine rings is 1. The van der Waals surface area contributed by atoms with E-state index in [2.05, 4.69) is 27.1 Å². The number of anilines is 1. The van der Waals surface area contributed by atoms with Crippen LogP contribution in [0.4, 0.5) is 5.13 Å². The van der Waals surface area contributed by atoms with Crippen LogP contribution in [0, 0.1) is 0 Å². The number of hydrogen-bond acceptors (Lipinski definition) is 7. The lowest BCUT2D eigenvalue weighted by atomic mass is 10.4. The molecule has 2 aromatic rings. The number of rotatable bonds is 6. The smallest absolute Gasteiger partial charge is 0.234 e. The molecular weight excluding hydrogens is 284 g/mol. The second-order valence-electron chi connectivity index (χ2n) is 3.62. The predicted octanol–water partition coefficient (Wildman–Crippen LogP) is 1.50. The molecule has 0 aliphatic heterocycles. The molecule has 1 N–H and O–H groups in total. The molecule has 100 valence electrons. The van der Waals surface area contributed by atoms with E-state index in [4.69, 9.17) is 0 Å². The average Bonchev–Trinajstić information content (AvgIpc) is 2.86. The van der Waals surface area contributed by atoms with Gasteiger partial charge in [0, 0.05) is 12.7 Å². The lowest BCUT2D eigenvalue weighted by Gasteiger charge is -1.99. The van der Waals surface area contributed by atoms with Crippen molar-refractivity contribution in [2.24, 2.45) is 0 Å². The van der Waals surface area contributed by atoms with Gasteiger partial charge in [-0.2, -0.15) is 0 Å². The summed E-state index contributed by atoms with van der Waals surface area (Å²) < 4.78 is 24.2. The first-order chi connectivity index (χ1) is 9.12. The van der Waals surface area contributed by atoms with Gasteiger partial charge in [-0.3, -0.25) is 4.98 Å². The highest BCUT2D eigenvalue weighted by molar-refractivity contribution is 7.92. The lowest BCUT2D eigenvalue weighted by molar-refractivity contribution is 0.592. The standard InChI is InChI=1S/C11H12N4O2S2/c1-2-6-13-10-14-15-11(18-10)19(16,17)8-9-5-3-4-7-12-9/h2-5,7H,1,6,8H2,(H,13,14). The van der Waals surface area contributed by atoms with E-state index >= 15 is 0 Å². The topological polar surface area (TPSA) is 84.8 Å². The van der Waals surface area contributed by atoms with Crippen molar-refractivity contribution in [2.75, 3.05) is 11.9 Å². The van der Waals surface area contributed by atoms with E-state index in [0.717, 1.165) is 11.3 Å². The van der Waals surface area contributed by atoms with E-state index in [1.54, 1.807) is 30.5 Å². The first-order valence-corrected chi connectivity index (χ1v) is 7.89. The Balaban J connectivity index is 2.15. The summed E-state index contributed by atoms with van der Waals surface area (Å²) >= 11 is 1.00.